The molecule has 2 rings (SSSR count). The molecule has 1 amide bonds. The van der Waals surface area contributed by atoms with Crippen LogP contribution in [-0.4, -0.2) is 28.5 Å². The van der Waals surface area contributed by atoms with Gasteiger partial charge in [-0.2, -0.15) is 0 Å². The van der Waals surface area contributed by atoms with Crippen molar-refractivity contribution in [1.29, 1.82) is 0 Å². The molecule has 1 aromatic heterocycles. The van der Waals surface area contributed by atoms with Crippen molar-refractivity contribution in [2.24, 2.45) is 5.73 Å². The van der Waals surface area contributed by atoms with Gasteiger partial charge in [0.1, 0.15) is 5.69 Å². The minimum Gasteiger partial charge on any atom is -0.479 e. The second kappa shape index (κ2) is 6.96. The van der Waals surface area contributed by atoms with Crippen LogP contribution in [0.1, 0.15) is 27.1 Å². The van der Waals surface area contributed by atoms with E-state index in [1.54, 1.807) is 35.7 Å². The first-order valence-electron chi connectivity index (χ1n) is 6.35. The van der Waals surface area contributed by atoms with Crippen molar-refractivity contribution >= 4 is 23.2 Å². The Morgan fingerprint density at radius 3 is 2.67 bits per heavy atom. The first kappa shape index (κ1) is 15.1. The highest BCUT2D eigenvalue weighted by atomic mass is 32.1. The molecule has 7 heteroatoms. The maximum absolute atomic E-state index is 12.1. The number of carboxylic acid groups (broad SMARTS) is 1. The van der Waals surface area contributed by atoms with Gasteiger partial charge >= 0.3 is 5.97 Å². The van der Waals surface area contributed by atoms with Gasteiger partial charge in [0, 0.05) is 11.8 Å². The summed E-state index contributed by atoms with van der Waals surface area (Å²) in [5, 5.41) is 14.1. The van der Waals surface area contributed by atoms with Crippen LogP contribution in [0.25, 0.3) is 0 Å². The van der Waals surface area contributed by atoms with Crippen molar-refractivity contribution in [3.05, 3.63) is 52.0 Å². The van der Waals surface area contributed by atoms with Gasteiger partial charge in [0.05, 0.1) is 5.01 Å². The fraction of sp³-hybridized carbons (Fsp3) is 0.214. The number of nitrogens with two attached hydrogens (primary N) is 1. The Morgan fingerprint density at radius 2 is 2.05 bits per heavy atom. The number of nitrogens with zero attached hydrogens (tertiary/aromatic N) is 1. The molecule has 1 aromatic carbocycles. The van der Waals surface area contributed by atoms with Crippen LogP contribution >= 0.6 is 11.3 Å². The maximum atomic E-state index is 12.1. The molecule has 1 unspecified atom stereocenters. The summed E-state index contributed by atoms with van der Waals surface area (Å²) in [6.07, 6.45) is 0.596. The third-order valence-electron chi connectivity index (χ3n) is 2.80. The van der Waals surface area contributed by atoms with Gasteiger partial charge in [-0.3, -0.25) is 4.79 Å². The number of aliphatic carboxylic acids is 1. The molecular formula is C14H15N3O3S. The molecule has 0 aliphatic heterocycles. The number of hydrogen-bond donors (Lipinski definition) is 3. The number of hydrogen-bond acceptors (Lipinski definition) is 5. The zero-order valence-corrected chi connectivity index (χ0v) is 12.0. The van der Waals surface area contributed by atoms with Crippen LogP contribution in [0.5, 0.6) is 0 Å². The molecule has 0 radical (unpaired) electrons. The number of aromatic nitrogens is 1. The number of nitrogens with one attached hydrogen (secondary N) is 1. The molecule has 0 bridgehead atoms. The largest absolute Gasteiger partial charge is 0.479 e. The molecule has 1 heterocycles. The third kappa shape index (κ3) is 3.87. The molecule has 2 aromatic rings. The van der Waals surface area contributed by atoms with Crippen molar-refractivity contribution < 1.29 is 14.7 Å². The van der Waals surface area contributed by atoms with Crippen molar-refractivity contribution in [1.82, 2.24) is 10.3 Å². The summed E-state index contributed by atoms with van der Waals surface area (Å²) in [5.41, 5.74) is 6.15. The van der Waals surface area contributed by atoms with E-state index in [0.29, 0.717) is 18.5 Å². The lowest BCUT2D eigenvalue weighted by molar-refractivity contribution is -0.139. The number of carboxylic acids is 1. The Balaban J connectivity index is 2.13. The quantitative estimate of drug-likeness (QED) is 0.743. The Labute approximate surface area is 125 Å². The van der Waals surface area contributed by atoms with Crippen molar-refractivity contribution in [3.8, 4) is 0 Å². The summed E-state index contributed by atoms with van der Waals surface area (Å²) in [6.45, 7) is 0.455. The van der Waals surface area contributed by atoms with E-state index in [9.17, 15) is 14.7 Å². The molecule has 0 aliphatic rings. The highest BCUT2D eigenvalue weighted by molar-refractivity contribution is 7.09. The molecule has 110 valence electrons. The highest BCUT2D eigenvalue weighted by Gasteiger charge is 2.23. The Kier molecular flexibility index (Phi) is 5.02. The van der Waals surface area contributed by atoms with Crippen LogP contribution < -0.4 is 11.1 Å². The summed E-state index contributed by atoms with van der Waals surface area (Å²) in [5.74, 6) is -1.63. The first-order chi connectivity index (χ1) is 10.1. The monoisotopic (exact) mass is 305 g/mol. The van der Waals surface area contributed by atoms with Crippen LogP contribution in [-0.2, 0) is 11.2 Å². The van der Waals surface area contributed by atoms with Crippen LogP contribution in [0, 0.1) is 0 Å². The smallest absolute Gasteiger partial charge is 0.330 e. The van der Waals surface area contributed by atoms with Gasteiger partial charge in [-0.05, 0) is 12.1 Å². The minimum atomic E-state index is -1.12. The third-order valence-corrected chi connectivity index (χ3v) is 3.71. The van der Waals surface area contributed by atoms with E-state index in [2.05, 4.69) is 10.3 Å². The van der Waals surface area contributed by atoms with Crippen molar-refractivity contribution in [2.75, 3.05) is 6.54 Å². The molecule has 0 spiro atoms. The molecule has 21 heavy (non-hydrogen) atoms. The fourth-order valence-electron chi connectivity index (χ4n) is 1.79. The van der Waals surface area contributed by atoms with E-state index >= 15 is 0 Å². The van der Waals surface area contributed by atoms with Crippen LogP contribution in [0.3, 0.4) is 0 Å². The lowest BCUT2D eigenvalue weighted by Gasteiger charge is -2.13. The number of carbonyl (C=O) groups excluding carboxylic acids is 1. The van der Waals surface area contributed by atoms with Crippen molar-refractivity contribution in [2.45, 2.75) is 12.5 Å². The predicted molar refractivity (Wildman–Crippen MR) is 79.2 cm³/mol. The first-order valence-corrected chi connectivity index (χ1v) is 7.23. The SMILES string of the molecule is NCCc1nc(C(=O)NC(C(=O)O)c2ccccc2)cs1. The summed E-state index contributed by atoms with van der Waals surface area (Å²) < 4.78 is 0. The molecule has 1 atom stereocenters. The standard InChI is InChI=1S/C14H15N3O3S/c15-7-6-11-16-10(8-21-11)13(18)17-12(14(19)20)9-4-2-1-3-5-9/h1-5,8,12H,6-7,15H2,(H,17,18)(H,19,20). The van der Waals surface area contributed by atoms with Gasteiger partial charge in [0.15, 0.2) is 6.04 Å². The molecule has 0 saturated heterocycles. The topological polar surface area (TPSA) is 105 Å². The lowest BCUT2D eigenvalue weighted by Crippen LogP contribution is -2.33. The lowest BCUT2D eigenvalue weighted by atomic mass is 10.1. The summed E-state index contributed by atoms with van der Waals surface area (Å²) in [4.78, 5) is 27.6. The van der Waals surface area contributed by atoms with Gasteiger partial charge in [0.2, 0.25) is 0 Å². The minimum absolute atomic E-state index is 0.214. The average molecular weight is 305 g/mol. The molecule has 4 N–H and O–H groups in total. The molecule has 0 fully saturated rings. The van der Waals surface area contributed by atoms with E-state index in [4.69, 9.17) is 5.73 Å². The summed E-state index contributed by atoms with van der Waals surface area (Å²) in [7, 11) is 0. The predicted octanol–water partition coefficient (Wildman–Crippen LogP) is 1.20. The van der Waals surface area contributed by atoms with Crippen LogP contribution in [0.15, 0.2) is 35.7 Å². The average Bonchev–Trinajstić information content (AvgIpc) is 2.94. The van der Waals surface area contributed by atoms with Gasteiger partial charge in [-0.1, -0.05) is 30.3 Å². The van der Waals surface area contributed by atoms with Crippen LogP contribution in [0.2, 0.25) is 0 Å². The summed E-state index contributed by atoms with van der Waals surface area (Å²) >= 11 is 1.33. The highest BCUT2D eigenvalue weighted by Crippen LogP contribution is 2.15. The van der Waals surface area contributed by atoms with E-state index in [0.717, 1.165) is 5.01 Å². The Bertz CT molecular complexity index is 627. The molecule has 0 aliphatic carbocycles. The zero-order valence-electron chi connectivity index (χ0n) is 11.2. The maximum Gasteiger partial charge on any atom is 0.330 e. The zero-order chi connectivity index (χ0) is 15.2. The summed E-state index contributed by atoms with van der Waals surface area (Å²) in [6, 6.07) is 7.43. The Morgan fingerprint density at radius 1 is 1.33 bits per heavy atom. The fourth-order valence-corrected chi connectivity index (χ4v) is 2.59. The van der Waals surface area contributed by atoms with Crippen molar-refractivity contribution in [3.63, 3.8) is 0 Å². The van der Waals surface area contributed by atoms with Gasteiger partial charge in [0.25, 0.3) is 5.91 Å². The van der Waals surface area contributed by atoms with E-state index in [1.165, 1.54) is 11.3 Å². The second-order valence-electron chi connectivity index (χ2n) is 4.32. The molecular weight excluding hydrogens is 290 g/mol. The normalized spacial score (nSPS) is 11.9. The van der Waals surface area contributed by atoms with E-state index in [-0.39, 0.29) is 5.69 Å². The van der Waals surface area contributed by atoms with E-state index < -0.39 is 17.9 Å². The van der Waals surface area contributed by atoms with Crippen LogP contribution in [0.4, 0.5) is 0 Å². The number of thiazole rings is 1. The van der Waals surface area contributed by atoms with Gasteiger partial charge < -0.3 is 16.2 Å². The second-order valence-corrected chi connectivity index (χ2v) is 5.26. The number of benzene rings is 1. The Hall–Kier alpha value is -2.25. The van der Waals surface area contributed by atoms with E-state index in [1.807, 2.05) is 0 Å². The molecule has 0 saturated carbocycles. The van der Waals surface area contributed by atoms with Gasteiger partial charge in [-0.25, -0.2) is 9.78 Å². The van der Waals surface area contributed by atoms with Gasteiger partial charge in [-0.15, -0.1) is 11.3 Å². The number of carbonyl (C=O) groups is 2. The number of amides is 1. The molecule has 6 nitrogen and oxygen atoms in total. The number of rotatable bonds is 6.